The molecule has 2 aromatic carbocycles. The number of fused-ring (bicyclic) bond motifs is 1. The normalized spacial score (nSPS) is 11.1. The number of hydrogen-bond donors (Lipinski definition) is 1. The Morgan fingerprint density at radius 2 is 2.06 bits per heavy atom. The van der Waals surface area contributed by atoms with Gasteiger partial charge < -0.3 is 13.7 Å². The second kappa shape index (κ2) is 8.32. The van der Waals surface area contributed by atoms with Crippen molar-refractivity contribution in [1.82, 2.24) is 9.55 Å². The maximum Gasteiger partial charge on any atom is 0.274 e. The predicted molar refractivity (Wildman–Crippen MR) is 122 cm³/mol. The van der Waals surface area contributed by atoms with Crippen LogP contribution in [0.15, 0.2) is 76.7 Å². The average Bonchev–Trinajstić information content (AvgIpc) is 3.52. The third kappa shape index (κ3) is 3.88. The van der Waals surface area contributed by atoms with Crippen LogP contribution in [0.4, 0.5) is 9.52 Å². The number of carbonyl (C=O) groups is 1. The zero-order chi connectivity index (χ0) is 22.1. The van der Waals surface area contributed by atoms with Crippen molar-refractivity contribution in [3.63, 3.8) is 0 Å². The number of ether oxygens (including phenoxy) is 1. The molecule has 3 aromatic heterocycles. The molecule has 0 spiro atoms. The highest BCUT2D eigenvalue weighted by molar-refractivity contribution is 7.14. The van der Waals surface area contributed by atoms with Gasteiger partial charge in [0.05, 0.1) is 24.6 Å². The zero-order valence-electron chi connectivity index (χ0n) is 17.0. The summed E-state index contributed by atoms with van der Waals surface area (Å²) < 4.78 is 26.2. The standard InChI is InChI=1S/C24H18FN3O3S/c1-30-18-7-3-5-16(11-18)19-14-32-24(26-19)27-23(29)21-12-22-20(8-9-31-22)28(21)13-15-4-2-6-17(25)10-15/h2-12,14H,13H2,1H3,(H,26,27,29). The molecule has 5 rings (SSSR count). The van der Waals surface area contributed by atoms with Crippen LogP contribution in [0.5, 0.6) is 5.75 Å². The number of anilines is 1. The summed E-state index contributed by atoms with van der Waals surface area (Å²) >= 11 is 1.34. The molecule has 0 aliphatic carbocycles. The molecule has 8 heteroatoms. The van der Waals surface area contributed by atoms with E-state index in [0.717, 1.165) is 28.1 Å². The monoisotopic (exact) mass is 447 g/mol. The van der Waals surface area contributed by atoms with E-state index < -0.39 is 0 Å². The molecule has 0 fully saturated rings. The topological polar surface area (TPSA) is 69.3 Å². The molecule has 0 unspecified atom stereocenters. The van der Waals surface area contributed by atoms with E-state index >= 15 is 0 Å². The second-order valence-corrected chi connectivity index (χ2v) is 8.00. The van der Waals surface area contributed by atoms with Crippen molar-refractivity contribution in [2.45, 2.75) is 6.54 Å². The molecule has 32 heavy (non-hydrogen) atoms. The fraction of sp³-hybridized carbons (Fsp3) is 0.0833. The quantitative estimate of drug-likeness (QED) is 0.357. The summed E-state index contributed by atoms with van der Waals surface area (Å²) in [7, 11) is 1.61. The average molecular weight is 447 g/mol. The molecule has 6 nitrogen and oxygen atoms in total. The Labute approximate surface area is 186 Å². The second-order valence-electron chi connectivity index (χ2n) is 7.14. The van der Waals surface area contributed by atoms with Gasteiger partial charge in [-0.3, -0.25) is 10.1 Å². The molecule has 5 aromatic rings. The molecule has 3 heterocycles. The van der Waals surface area contributed by atoms with E-state index in [1.54, 1.807) is 36.1 Å². The molecule has 0 aliphatic heterocycles. The Morgan fingerprint density at radius 1 is 1.19 bits per heavy atom. The number of benzene rings is 2. The molecule has 0 radical (unpaired) electrons. The SMILES string of the molecule is COc1cccc(-c2csc(NC(=O)c3cc4occc4n3Cc3cccc(F)c3)n2)c1. The summed E-state index contributed by atoms with van der Waals surface area (Å²) in [4.78, 5) is 17.6. The van der Waals surface area contributed by atoms with Crippen molar-refractivity contribution >= 4 is 33.5 Å². The van der Waals surface area contributed by atoms with Crippen LogP contribution in [0.3, 0.4) is 0 Å². The van der Waals surface area contributed by atoms with E-state index in [4.69, 9.17) is 9.15 Å². The number of hydrogen-bond acceptors (Lipinski definition) is 5. The van der Waals surface area contributed by atoms with E-state index in [-0.39, 0.29) is 11.7 Å². The van der Waals surface area contributed by atoms with Crippen LogP contribution < -0.4 is 10.1 Å². The number of furan rings is 1. The summed E-state index contributed by atoms with van der Waals surface area (Å²) in [6, 6.07) is 17.4. The van der Waals surface area contributed by atoms with Crippen LogP contribution in [-0.4, -0.2) is 22.6 Å². The predicted octanol–water partition coefficient (Wildman–Crippen LogP) is 5.81. The summed E-state index contributed by atoms with van der Waals surface area (Å²) in [5.41, 5.74) is 4.13. The Morgan fingerprint density at radius 3 is 2.91 bits per heavy atom. The fourth-order valence-corrected chi connectivity index (χ4v) is 4.28. The highest BCUT2D eigenvalue weighted by atomic mass is 32.1. The number of thiazole rings is 1. The van der Waals surface area contributed by atoms with E-state index in [1.165, 1.54) is 23.5 Å². The first kappa shape index (κ1) is 20.0. The van der Waals surface area contributed by atoms with Gasteiger partial charge in [0.1, 0.15) is 17.3 Å². The minimum Gasteiger partial charge on any atom is -0.497 e. The zero-order valence-corrected chi connectivity index (χ0v) is 17.9. The molecule has 1 N–H and O–H groups in total. The van der Waals surface area contributed by atoms with Crippen LogP contribution in [0.2, 0.25) is 0 Å². The van der Waals surface area contributed by atoms with Gasteiger partial charge in [0.2, 0.25) is 0 Å². The van der Waals surface area contributed by atoms with Crippen LogP contribution in [0.1, 0.15) is 16.1 Å². The van der Waals surface area contributed by atoms with Gasteiger partial charge in [0.15, 0.2) is 10.7 Å². The molecular formula is C24H18FN3O3S. The molecule has 0 aliphatic rings. The number of carbonyl (C=O) groups excluding carboxylic acids is 1. The molecule has 0 bridgehead atoms. The lowest BCUT2D eigenvalue weighted by Crippen LogP contribution is -2.17. The van der Waals surface area contributed by atoms with Gasteiger partial charge in [-0.25, -0.2) is 9.37 Å². The Balaban J connectivity index is 1.42. The van der Waals surface area contributed by atoms with Gasteiger partial charge in [-0.2, -0.15) is 0 Å². The molecule has 0 saturated carbocycles. The molecular weight excluding hydrogens is 429 g/mol. The van der Waals surface area contributed by atoms with Gasteiger partial charge in [-0.15, -0.1) is 11.3 Å². The molecule has 1 amide bonds. The van der Waals surface area contributed by atoms with Crippen LogP contribution in [0, 0.1) is 5.82 Å². The van der Waals surface area contributed by atoms with E-state index in [0.29, 0.717) is 23.0 Å². The largest absolute Gasteiger partial charge is 0.497 e. The van der Waals surface area contributed by atoms with Crippen LogP contribution in [0.25, 0.3) is 22.4 Å². The molecule has 0 saturated heterocycles. The van der Waals surface area contributed by atoms with Gasteiger partial charge >= 0.3 is 0 Å². The maximum absolute atomic E-state index is 13.7. The van der Waals surface area contributed by atoms with Gasteiger partial charge in [-0.1, -0.05) is 24.3 Å². The first-order valence-corrected chi connectivity index (χ1v) is 10.7. The number of rotatable bonds is 6. The van der Waals surface area contributed by atoms with Crippen molar-refractivity contribution in [3.8, 4) is 17.0 Å². The number of nitrogens with zero attached hydrogens (tertiary/aromatic N) is 2. The fourth-order valence-electron chi connectivity index (χ4n) is 3.56. The van der Waals surface area contributed by atoms with Gasteiger partial charge in [-0.05, 0) is 29.8 Å². The number of nitrogens with one attached hydrogen (secondary N) is 1. The number of methoxy groups -OCH3 is 1. The van der Waals surface area contributed by atoms with Crippen molar-refractivity contribution in [2.24, 2.45) is 0 Å². The number of aromatic nitrogens is 2. The van der Waals surface area contributed by atoms with Crippen molar-refractivity contribution in [2.75, 3.05) is 12.4 Å². The minimum atomic E-state index is -0.322. The number of halogens is 1. The summed E-state index contributed by atoms with van der Waals surface area (Å²) in [5, 5.41) is 5.22. The maximum atomic E-state index is 13.7. The van der Waals surface area contributed by atoms with Crippen LogP contribution >= 0.6 is 11.3 Å². The lowest BCUT2D eigenvalue weighted by molar-refractivity contribution is 0.101. The lowest BCUT2D eigenvalue weighted by Gasteiger charge is -2.10. The first-order chi connectivity index (χ1) is 15.6. The Hall–Kier alpha value is -3.91. The number of amides is 1. The first-order valence-electron chi connectivity index (χ1n) is 9.83. The molecule has 0 atom stereocenters. The third-order valence-electron chi connectivity index (χ3n) is 5.08. The van der Waals surface area contributed by atoms with E-state index in [1.807, 2.05) is 35.7 Å². The van der Waals surface area contributed by atoms with Crippen molar-refractivity contribution < 1.29 is 18.3 Å². The Kier molecular flexibility index (Phi) is 5.20. The van der Waals surface area contributed by atoms with Crippen molar-refractivity contribution in [1.29, 1.82) is 0 Å². The van der Waals surface area contributed by atoms with E-state index in [9.17, 15) is 9.18 Å². The molecule has 160 valence electrons. The lowest BCUT2D eigenvalue weighted by atomic mass is 10.2. The highest BCUT2D eigenvalue weighted by Crippen LogP contribution is 2.29. The van der Waals surface area contributed by atoms with Crippen LogP contribution in [-0.2, 0) is 6.54 Å². The van der Waals surface area contributed by atoms with Gasteiger partial charge in [0.25, 0.3) is 5.91 Å². The minimum absolute atomic E-state index is 0.320. The third-order valence-corrected chi connectivity index (χ3v) is 5.83. The highest BCUT2D eigenvalue weighted by Gasteiger charge is 2.19. The summed E-state index contributed by atoms with van der Waals surface area (Å²) in [6.45, 7) is 0.330. The van der Waals surface area contributed by atoms with Crippen molar-refractivity contribution in [3.05, 3.63) is 89.4 Å². The summed E-state index contributed by atoms with van der Waals surface area (Å²) in [6.07, 6.45) is 1.57. The smallest absolute Gasteiger partial charge is 0.274 e. The van der Waals surface area contributed by atoms with E-state index in [2.05, 4.69) is 10.3 Å². The Bertz CT molecular complexity index is 1420. The summed E-state index contributed by atoms with van der Waals surface area (Å²) in [5.74, 6) is 0.0927. The van der Waals surface area contributed by atoms with Gasteiger partial charge in [0, 0.05) is 29.6 Å².